The molecule has 28 heavy (non-hydrogen) atoms. The van der Waals surface area contributed by atoms with Gasteiger partial charge in [0.25, 0.3) is 0 Å². The zero-order valence-corrected chi connectivity index (χ0v) is 16.1. The Kier molecular flexibility index (Phi) is 6.34. The minimum absolute atomic E-state index is 0.133. The molecule has 7 heteroatoms. The second-order valence-corrected chi connectivity index (χ2v) is 6.12. The first-order chi connectivity index (χ1) is 13.6. The lowest BCUT2D eigenvalue weighted by atomic mass is 10.2. The van der Waals surface area contributed by atoms with Crippen molar-refractivity contribution in [3.63, 3.8) is 0 Å². The van der Waals surface area contributed by atoms with E-state index in [1.165, 1.54) is 13.2 Å². The molecule has 0 aliphatic rings. The van der Waals surface area contributed by atoms with Crippen LogP contribution in [0.4, 0.5) is 0 Å². The Balaban J connectivity index is 1.69. The second kappa shape index (κ2) is 9.10. The predicted octanol–water partition coefficient (Wildman–Crippen LogP) is 4.77. The number of hydrogen-bond acceptors (Lipinski definition) is 6. The van der Waals surface area contributed by atoms with Crippen LogP contribution in [0.25, 0.3) is 17.4 Å². The summed E-state index contributed by atoms with van der Waals surface area (Å²) in [5, 5.41) is 0.623. The Morgan fingerprint density at radius 1 is 1.18 bits per heavy atom. The summed E-state index contributed by atoms with van der Waals surface area (Å²) in [7, 11) is 2.86. The van der Waals surface area contributed by atoms with Gasteiger partial charge in [0, 0.05) is 16.7 Å². The summed E-state index contributed by atoms with van der Waals surface area (Å²) in [6, 6.07) is 12.6. The van der Waals surface area contributed by atoms with Crippen LogP contribution in [0.15, 0.2) is 59.2 Å². The summed E-state index contributed by atoms with van der Waals surface area (Å²) in [4.78, 5) is 15.4. The Morgan fingerprint density at radius 2 is 2.04 bits per heavy atom. The van der Waals surface area contributed by atoms with Gasteiger partial charge in [-0.15, -0.1) is 0 Å². The van der Waals surface area contributed by atoms with Gasteiger partial charge in [0.1, 0.15) is 0 Å². The number of ether oxygens (including phenoxy) is 3. The molecule has 0 amide bonds. The fraction of sp³-hybridized carbons (Fsp3) is 0.143. The Morgan fingerprint density at radius 3 is 2.79 bits per heavy atom. The highest BCUT2D eigenvalue weighted by Gasteiger charge is 2.10. The van der Waals surface area contributed by atoms with E-state index in [0.29, 0.717) is 28.2 Å². The average molecular weight is 400 g/mol. The van der Waals surface area contributed by atoms with Crippen LogP contribution in [0.5, 0.6) is 11.5 Å². The van der Waals surface area contributed by atoms with Gasteiger partial charge in [0.2, 0.25) is 5.89 Å². The fourth-order valence-corrected chi connectivity index (χ4v) is 2.62. The molecular weight excluding hydrogens is 382 g/mol. The van der Waals surface area contributed by atoms with Crippen molar-refractivity contribution in [3.8, 4) is 22.8 Å². The van der Waals surface area contributed by atoms with Gasteiger partial charge in [-0.1, -0.05) is 29.8 Å². The molecular formula is C21H18ClNO5. The predicted molar refractivity (Wildman–Crippen MR) is 105 cm³/mol. The summed E-state index contributed by atoms with van der Waals surface area (Å²) < 4.78 is 21.4. The van der Waals surface area contributed by atoms with E-state index in [1.807, 2.05) is 12.1 Å². The van der Waals surface area contributed by atoms with Crippen molar-refractivity contribution in [2.45, 2.75) is 6.61 Å². The maximum absolute atomic E-state index is 11.2. The maximum atomic E-state index is 11.2. The number of benzene rings is 2. The molecule has 1 heterocycles. The molecule has 1 aromatic heterocycles. The van der Waals surface area contributed by atoms with Crippen molar-refractivity contribution < 1.29 is 23.4 Å². The maximum Gasteiger partial charge on any atom is 0.330 e. The minimum Gasteiger partial charge on any atom is -0.493 e. The molecule has 3 rings (SSSR count). The van der Waals surface area contributed by atoms with Gasteiger partial charge in [-0.2, -0.15) is 0 Å². The van der Waals surface area contributed by atoms with E-state index in [0.717, 1.165) is 11.1 Å². The summed E-state index contributed by atoms with van der Waals surface area (Å²) in [5.74, 6) is 1.65. The lowest BCUT2D eigenvalue weighted by molar-refractivity contribution is -0.134. The lowest BCUT2D eigenvalue weighted by Crippen LogP contribution is -1.98. The zero-order valence-electron chi connectivity index (χ0n) is 15.3. The summed E-state index contributed by atoms with van der Waals surface area (Å²) in [6.45, 7) is 0.133. The van der Waals surface area contributed by atoms with Crippen molar-refractivity contribution in [1.82, 2.24) is 4.98 Å². The highest BCUT2D eigenvalue weighted by Crippen LogP contribution is 2.30. The minimum atomic E-state index is -0.432. The molecule has 0 bridgehead atoms. The van der Waals surface area contributed by atoms with E-state index in [9.17, 15) is 4.79 Å². The van der Waals surface area contributed by atoms with Crippen LogP contribution < -0.4 is 9.47 Å². The normalized spacial score (nSPS) is 10.8. The third-order valence-electron chi connectivity index (χ3n) is 3.81. The number of methoxy groups -OCH3 is 2. The second-order valence-electron chi connectivity index (χ2n) is 5.68. The van der Waals surface area contributed by atoms with Crippen LogP contribution in [0.3, 0.4) is 0 Å². The van der Waals surface area contributed by atoms with Crippen LogP contribution in [-0.4, -0.2) is 25.2 Å². The highest BCUT2D eigenvalue weighted by atomic mass is 35.5. The summed E-state index contributed by atoms with van der Waals surface area (Å²) >= 11 is 6.01. The first kappa shape index (κ1) is 19.5. The number of halogens is 1. The number of carbonyl (C=O) groups excluding carboxylic acids is 1. The molecule has 0 saturated heterocycles. The van der Waals surface area contributed by atoms with Gasteiger partial charge in [-0.3, -0.25) is 0 Å². The topological polar surface area (TPSA) is 70.8 Å². The number of nitrogens with zero attached hydrogens (tertiary/aromatic N) is 1. The van der Waals surface area contributed by atoms with Gasteiger partial charge in [-0.05, 0) is 35.9 Å². The van der Waals surface area contributed by atoms with Crippen LogP contribution >= 0.6 is 11.6 Å². The standard InChI is InChI=1S/C21H18ClNO5/c1-25-18-10-14(7-9-21(24)26-2)6-8-17(18)27-13-20-23-12-19(28-20)15-4-3-5-16(22)11-15/h3-12H,13H2,1-2H3/b9-7+. The molecule has 0 fully saturated rings. The van der Waals surface area contributed by atoms with Gasteiger partial charge in [0.15, 0.2) is 23.9 Å². The van der Waals surface area contributed by atoms with Crippen LogP contribution in [-0.2, 0) is 16.1 Å². The van der Waals surface area contributed by atoms with E-state index >= 15 is 0 Å². The molecule has 0 radical (unpaired) electrons. The van der Waals surface area contributed by atoms with Crippen LogP contribution in [0.2, 0.25) is 5.02 Å². The smallest absolute Gasteiger partial charge is 0.330 e. The molecule has 2 aromatic carbocycles. The van der Waals surface area contributed by atoms with Crippen LogP contribution in [0.1, 0.15) is 11.5 Å². The monoisotopic (exact) mass is 399 g/mol. The Bertz CT molecular complexity index is 996. The molecule has 0 N–H and O–H groups in total. The largest absolute Gasteiger partial charge is 0.493 e. The molecule has 0 unspecified atom stereocenters. The van der Waals surface area contributed by atoms with Gasteiger partial charge < -0.3 is 18.6 Å². The van der Waals surface area contributed by atoms with Crippen molar-refractivity contribution in [3.05, 3.63) is 71.2 Å². The van der Waals surface area contributed by atoms with Gasteiger partial charge in [-0.25, -0.2) is 9.78 Å². The molecule has 0 aliphatic heterocycles. The zero-order chi connectivity index (χ0) is 19.9. The molecule has 0 atom stereocenters. The number of oxazole rings is 1. The van der Waals surface area contributed by atoms with Crippen molar-refractivity contribution in [2.24, 2.45) is 0 Å². The van der Waals surface area contributed by atoms with E-state index in [2.05, 4.69) is 9.72 Å². The number of carbonyl (C=O) groups is 1. The lowest BCUT2D eigenvalue weighted by Gasteiger charge is -2.10. The fourth-order valence-electron chi connectivity index (χ4n) is 2.43. The third kappa shape index (κ3) is 4.92. The first-order valence-electron chi connectivity index (χ1n) is 8.36. The number of aromatic nitrogens is 1. The molecule has 144 valence electrons. The highest BCUT2D eigenvalue weighted by molar-refractivity contribution is 6.30. The van der Waals surface area contributed by atoms with Crippen molar-refractivity contribution in [1.29, 1.82) is 0 Å². The molecule has 6 nitrogen and oxygen atoms in total. The molecule has 0 aliphatic carbocycles. The number of esters is 1. The van der Waals surface area contributed by atoms with Gasteiger partial charge in [0.05, 0.1) is 20.4 Å². The Hall–Kier alpha value is -3.25. The molecule has 0 spiro atoms. The quantitative estimate of drug-likeness (QED) is 0.421. The molecule has 0 saturated carbocycles. The van der Waals surface area contributed by atoms with E-state index in [4.69, 9.17) is 25.5 Å². The van der Waals surface area contributed by atoms with Gasteiger partial charge >= 0.3 is 5.97 Å². The summed E-state index contributed by atoms with van der Waals surface area (Å²) in [5.41, 5.74) is 1.61. The van der Waals surface area contributed by atoms with Crippen LogP contribution in [0, 0.1) is 0 Å². The van der Waals surface area contributed by atoms with Crippen molar-refractivity contribution in [2.75, 3.05) is 14.2 Å². The SMILES string of the molecule is COC(=O)/C=C/c1ccc(OCc2ncc(-c3cccc(Cl)c3)o2)c(OC)c1. The number of rotatable bonds is 7. The van der Waals surface area contributed by atoms with E-state index in [1.54, 1.807) is 49.7 Å². The molecule has 3 aromatic rings. The first-order valence-corrected chi connectivity index (χ1v) is 8.74. The number of hydrogen-bond donors (Lipinski definition) is 0. The third-order valence-corrected chi connectivity index (χ3v) is 4.05. The average Bonchev–Trinajstić information content (AvgIpc) is 3.19. The van der Waals surface area contributed by atoms with Crippen molar-refractivity contribution >= 4 is 23.6 Å². The van der Waals surface area contributed by atoms with E-state index < -0.39 is 5.97 Å². The Labute approximate surface area is 167 Å². The van der Waals surface area contributed by atoms with E-state index in [-0.39, 0.29) is 6.61 Å². The summed E-state index contributed by atoms with van der Waals surface area (Å²) in [6.07, 6.45) is 4.59.